The molecule has 0 aromatic carbocycles. The van der Waals surface area contributed by atoms with Gasteiger partial charge in [-0.2, -0.15) is 0 Å². The quantitative estimate of drug-likeness (QED) is 0.599. The fourth-order valence-electron chi connectivity index (χ4n) is 1.37. The van der Waals surface area contributed by atoms with Crippen molar-refractivity contribution in [3.8, 4) is 0 Å². The van der Waals surface area contributed by atoms with Crippen molar-refractivity contribution in [3.05, 3.63) is 11.1 Å². The summed E-state index contributed by atoms with van der Waals surface area (Å²) in [6.07, 6.45) is 3.75. The van der Waals surface area contributed by atoms with E-state index in [0.717, 1.165) is 12.2 Å². The largest absolute Gasteiger partial charge is 0.330 e. The van der Waals surface area contributed by atoms with Crippen molar-refractivity contribution in [2.24, 2.45) is 11.1 Å². The summed E-state index contributed by atoms with van der Waals surface area (Å²) in [4.78, 5) is 4.43. The van der Waals surface area contributed by atoms with Crippen molar-refractivity contribution < 1.29 is 0 Å². The molecular formula is C12H22N2S2. The van der Waals surface area contributed by atoms with Crippen LogP contribution in [0.4, 0.5) is 0 Å². The van der Waals surface area contributed by atoms with Gasteiger partial charge in [-0.25, -0.2) is 4.98 Å². The molecule has 0 radical (unpaired) electrons. The van der Waals surface area contributed by atoms with Crippen molar-refractivity contribution in [2.75, 3.05) is 12.3 Å². The molecule has 0 atom stereocenters. The van der Waals surface area contributed by atoms with Gasteiger partial charge >= 0.3 is 0 Å². The van der Waals surface area contributed by atoms with Gasteiger partial charge in [0.25, 0.3) is 0 Å². The molecule has 0 aliphatic rings. The van der Waals surface area contributed by atoms with Gasteiger partial charge < -0.3 is 5.73 Å². The summed E-state index contributed by atoms with van der Waals surface area (Å²) in [5, 5.41) is 2.11. The summed E-state index contributed by atoms with van der Waals surface area (Å²) in [7, 11) is 0. The molecular weight excluding hydrogens is 236 g/mol. The van der Waals surface area contributed by atoms with Crippen molar-refractivity contribution in [1.29, 1.82) is 0 Å². The molecule has 0 spiro atoms. The van der Waals surface area contributed by atoms with Crippen LogP contribution in [-0.2, 0) is 0 Å². The SMILES string of the molecule is Cc1csc(SCCCCC(C)(C)CN)n1. The van der Waals surface area contributed by atoms with Crippen LogP contribution in [0.25, 0.3) is 0 Å². The molecule has 4 heteroatoms. The van der Waals surface area contributed by atoms with Crippen LogP contribution in [0.2, 0.25) is 0 Å². The fraction of sp³-hybridized carbons (Fsp3) is 0.750. The van der Waals surface area contributed by atoms with Gasteiger partial charge in [0.1, 0.15) is 4.34 Å². The number of unbranched alkanes of at least 4 members (excludes halogenated alkanes) is 1. The van der Waals surface area contributed by atoms with Gasteiger partial charge in [0.15, 0.2) is 0 Å². The Bertz CT molecular complexity index is 308. The van der Waals surface area contributed by atoms with Crippen LogP contribution in [-0.4, -0.2) is 17.3 Å². The fourth-order valence-corrected chi connectivity index (χ4v) is 3.28. The van der Waals surface area contributed by atoms with Gasteiger partial charge in [0, 0.05) is 16.8 Å². The van der Waals surface area contributed by atoms with Crippen LogP contribution in [0.15, 0.2) is 9.72 Å². The summed E-state index contributed by atoms with van der Waals surface area (Å²) in [6.45, 7) is 7.31. The van der Waals surface area contributed by atoms with E-state index in [0.29, 0.717) is 5.41 Å². The first-order valence-corrected chi connectivity index (χ1v) is 7.65. The van der Waals surface area contributed by atoms with Crippen LogP contribution in [0, 0.1) is 12.3 Å². The molecule has 0 aliphatic carbocycles. The Labute approximate surface area is 107 Å². The van der Waals surface area contributed by atoms with E-state index in [1.165, 1.54) is 29.4 Å². The Morgan fingerprint density at radius 2 is 2.19 bits per heavy atom. The van der Waals surface area contributed by atoms with E-state index in [-0.39, 0.29) is 0 Å². The molecule has 0 saturated carbocycles. The normalized spacial score (nSPS) is 12.0. The Balaban J connectivity index is 2.08. The van der Waals surface area contributed by atoms with Gasteiger partial charge in [-0.05, 0) is 31.7 Å². The summed E-state index contributed by atoms with van der Waals surface area (Å²) >= 11 is 3.63. The van der Waals surface area contributed by atoms with E-state index in [2.05, 4.69) is 24.2 Å². The number of hydrogen-bond acceptors (Lipinski definition) is 4. The van der Waals surface area contributed by atoms with Crippen LogP contribution >= 0.6 is 23.1 Å². The van der Waals surface area contributed by atoms with E-state index in [1.54, 1.807) is 11.3 Å². The Hall–Kier alpha value is -0.0600. The second kappa shape index (κ2) is 6.62. The minimum absolute atomic E-state index is 0.308. The predicted octanol–water partition coefficient (Wildman–Crippen LogP) is 3.70. The number of nitrogens with zero attached hydrogens (tertiary/aromatic N) is 1. The zero-order valence-electron chi connectivity index (χ0n) is 10.5. The van der Waals surface area contributed by atoms with E-state index in [1.807, 2.05) is 18.7 Å². The Kier molecular flexibility index (Phi) is 5.79. The van der Waals surface area contributed by atoms with E-state index in [9.17, 15) is 0 Å². The minimum atomic E-state index is 0.308. The lowest BCUT2D eigenvalue weighted by molar-refractivity contribution is 0.336. The molecule has 0 saturated heterocycles. The third-order valence-corrected chi connectivity index (χ3v) is 4.85. The summed E-state index contributed by atoms with van der Waals surface area (Å²) in [5.74, 6) is 1.17. The van der Waals surface area contributed by atoms with Crippen molar-refractivity contribution in [2.45, 2.75) is 44.4 Å². The molecule has 0 fully saturated rings. The van der Waals surface area contributed by atoms with Crippen LogP contribution in [0.1, 0.15) is 38.8 Å². The standard InChI is InChI=1S/C12H22N2S2/c1-10-8-16-11(14-10)15-7-5-4-6-12(2,3)9-13/h8H,4-7,9,13H2,1-3H3. The number of aryl methyl sites for hydroxylation is 1. The average Bonchev–Trinajstić information content (AvgIpc) is 2.64. The lowest BCUT2D eigenvalue weighted by Gasteiger charge is -2.21. The monoisotopic (exact) mass is 258 g/mol. The Morgan fingerprint density at radius 1 is 1.44 bits per heavy atom. The average molecular weight is 258 g/mol. The highest BCUT2D eigenvalue weighted by Gasteiger charge is 2.14. The molecule has 2 N–H and O–H groups in total. The first-order chi connectivity index (χ1) is 7.53. The highest BCUT2D eigenvalue weighted by atomic mass is 32.2. The zero-order chi connectivity index (χ0) is 12.0. The third kappa shape index (κ3) is 5.32. The predicted molar refractivity (Wildman–Crippen MR) is 74.3 cm³/mol. The highest BCUT2D eigenvalue weighted by molar-refractivity contribution is 8.00. The number of aromatic nitrogens is 1. The summed E-state index contributed by atoms with van der Waals surface area (Å²) in [6, 6.07) is 0. The highest BCUT2D eigenvalue weighted by Crippen LogP contribution is 2.25. The molecule has 16 heavy (non-hydrogen) atoms. The molecule has 0 aliphatic heterocycles. The lowest BCUT2D eigenvalue weighted by Crippen LogP contribution is -2.23. The summed E-state index contributed by atoms with van der Waals surface area (Å²) < 4.78 is 1.20. The van der Waals surface area contributed by atoms with E-state index >= 15 is 0 Å². The van der Waals surface area contributed by atoms with Crippen molar-refractivity contribution >= 4 is 23.1 Å². The van der Waals surface area contributed by atoms with Gasteiger partial charge in [-0.3, -0.25) is 0 Å². The molecule has 92 valence electrons. The molecule has 1 aromatic heterocycles. The first-order valence-electron chi connectivity index (χ1n) is 5.78. The summed E-state index contributed by atoms with van der Waals surface area (Å²) in [5.41, 5.74) is 7.15. The van der Waals surface area contributed by atoms with Gasteiger partial charge in [0.2, 0.25) is 0 Å². The molecule has 2 nitrogen and oxygen atoms in total. The van der Waals surface area contributed by atoms with Crippen LogP contribution in [0.5, 0.6) is 0 Å². The minimum Gasteiger partial charge on any atom is -0.330 e. The molecule has 0 unspecified atom stereocenters. The van der Waals surface area contributed by atoms with E-state index in [4.69, 9.17) is 5.73 Å². The maximum atomic E-state index is 5.70. The van der Waals surface area contributed by atoms with Gasteiger partial charge in [-0.1, -0.05) is 32.0 Å². The molecule has 1 heterocycles. The first kappa shape index (κ1) is 14.0. The molecule has 0 amide bonds. The van der Waals surface area contributed by atoms with Crippen molar-refractivity contribution in [3.63, 3.8) is 0 Å². The number of thioether (sulfide) groups is 1. The second-order valence-electron chi connectivity index (χ2n) is 4.93. The zero-order valence-corrected chi connectivity index (χ0v) is 12.1. The topological polar surface area (TPSA) is 38.9 Å². The number of rotatable bonds is 7. The third-order valence-electron chi connectivity index (χ3n) is 2.62. The van der Waals surface area contributed by atoms with Crippen LogP contribution in [0.3, 0.4) is 0 Å². The number of hydrogen-bond donors (Lipinski definition) is 1. The smallest absolute Gasteiger partial charge is 0.150 e. The lowest BCUT2D eigenvalue weighted by atomic mass is 9.88. The van der Waals surface area contributed by atoms with Gasteiger partial charge in [-0.15, -0.1) is 11.3 Å². The Morgan fingerprint density at radius 3 is 2.75 bits per heavy atom. The van der Waals surface area contributed by atoms with Crippen molar-refractivity contribution in [1.82, 2.24) is 4.98 Å². The van der Waals surface area contributed by atoms with Crippen LogP contribution < -0.4 is 5.73 Å². The maximum absolute atomic E-state index is 5.70. The second-order valence-corrected chi connectivity index (χ2v) is 7.13. The molecule has 1 rings (SSSR count). The maximum Gasteiger partial charge on any atom is 0.150 e. The number of thiazole rings is 1. The molecule has 1 aromatic rings. The molecule has 0 bridgehead atoms. The van der Waals surface area contributed by atoms with E-state index < -0.39 is 0 Å². The van der Waals surface area contributed by atoms with Gasteiger partial charge in [0.05, 0.1) is 0 Å². The number of nitrogens with two attached hydrogens (primary N) is 1.